The minimum atomic E-state index is -0.261. The fourth-order valence-corrected chi connectivity index (χ4v) is 2.51. The van der Waals surface area contributed by atoms with E-state index >= 15 is 0 Å². The Hall–Kier alpha value is -1.29. The van der Waals surface area contributed by atoms with Crippen molar-refractivity contribution in [2.75, 3.05) is 0 Å². The number of aryl methyl sites for hydroxylation is 1. The van der Waals surface area contributed by atoms with E-state index in [9.17, 15) is 4.79 Å². The van der Waals surface area contributed by atoms with Gasteiger partial charge in [-0.3, -0.25) is 4.79 Å². The van der Waals surface area contributed by atoms with Gasteiger partial charge in [0.2, 0.25) is 5.91 Å². The monoisotopic (exact) mass is 264 g/mol. The van der Waals surface area contributed by atoms with Crippen molar-refractivity contribution in [1.29, 1.82) is 0 Å². The van der Waals surface area contributed by atoms with Crippen LogP contribution in [0, 0.1) is 6.92 Å². The summed E-state index contributed by atoms with van der Waals surface area (Å²) in [5.41, 5.74) is 5.91. The highest BCUT2D eigenvalue weighted by Gasteiger charge is 2.36. The van der Waals surface area contributed by atoms with Gasteiger partial charge in [0.25, 0.3) is 0 Å². The summed E-state index contributed by atoms with van der Waals surface area (Å²) < 4.78 is 5.56. The van der Waals surface area contributed by atoms with Crippen LogP contribution in [0.5, 0.6) is 0 Å². The zero-order valence-electron chi connectivity index (χ0n) is 12.1. The molecule has 0 unspecified atom stereocenters. The van der Waals surface area contributed by atoms with Crippen LogP contribution in [0.15, 0.2) is 16.5 Å². The molecule has 1 amide bonds. The first kappa shape index (κ1) is 14.1. The van der Waals surface area contributed by atoms with Crippen LogP contribution in [0.25, 0.3) is 0 Å². The average Bonchev–Trinajstić information content (AvgIpc) is 2.69. The van der Waals surface area contributed by atoms with Gasteiger partial charge >= 0.3 is 0 Å². The molecule has 2 rings (SSSR count). The maximum absolute atomic E-state index is 12.4. The van der Waals surface area contributed by atoms with Crippen molar-refractivity contribution in [2.24, 2.45) is 5.73 Å². The molecule has 2 N–H and O–H groups in total. The summed E-state index contributed by atoms with van der Waals surface area (Å²) in [4.78, 5) is 14.3. The molecule has 0 aromatic carbocycles. The van der Waals surface area contributed by atoms with Crippen LogP contribution in [-0.4, -0.2) is 22.4 Å². The third-order valence-corrected chi connectivity index (χ3v) is 3.92. The normalized spacial score (nSPS) is 17.3. The first-order valence-corrected chi connectivity index (χ1v) is 7.03. The molecule has 1 aromatic rings. The third kappa shape index (κ3) is 3.38. The zero-order valence-corrected chi connectivity index (χ0v) is 12.1. The molecule has 1 aliphatic carbocycles. The minimum absolute atomic E-state index is 0.131. The lowest BCUT2D eigenvalue weighted by Crippen LogP contribution is -2.51. The summed E-state index contributed by atoms with van der Waals surface area (Å²) in [5.74, 6) is 1.84. The predicted octanol–water partition coefficient (Wildman–Crippen LogP) is 2.60. The maximum atomic E-state index is 12.4. The van der Waals surface area contributed by atoms with Crippen LogP contribution in [0.2, 0.25) is 0 Å². The molecule has 0 saturated heterocycles. The summed E-state index contributed by atoms with van der Waals surface area (Å²) in [6.45, 7) is 6.49. The summed E-state index contributed by atoms with van der Waals surface area (Å²) in [6, 6.07) is 4.01. The Bertz CT molecular complexity index is 447. The molecule has 0 spiro atoms. The van der Waals surface area contributed by atoms with Crippen molar-refractivity contribution in [3.05, 3.63) is 23.7 Å². The fraction of sp³-hybridized carbons (Fsp3) is 0.667. The van der Waals surface area contributed by atoms with Gasteiger partial charge in [-0.2, -0.15) is 0 Å². The average molecular weight is 264 g/mol. The Morgan fingerprint density at radius 2 is 2.16 bits per heavy atom. The Morgan fingerprint density at radius 3 is 2.58 bits per heavy atom. The SMILES string of the molecule is Cc1ccc(CN(C(=O)CC2(N)CCC2)C(C)C)o1. The van der Waals surface area contributed by atoms with Gasteiger partial charge in [-0.1, -0.05) is 0 Å². The predicted molar refractivity (Wildman–Crippen MR) is 74.5 cm³/mol. The zero-order chi connectivity index (χ0) is 14.0. The molecule has 1 heterocycles. The van der Waals surface area contributed by atoms with Crippen molar-refractivity contribution in [1.82, 2.24) is 4.90 Å². The van der Waals surface area contributed by atoms with Crippen molar-refractivity contribution in [3.63, 3.8) is 0 Å². The smallest absolute Gasteiger partial charge is 0.225 e. The second-order valence-electron chi connectivity index (χ2n) is 6.02. The van der Waals surface area contributed by atoms with Crippen LogP contribution < -0.4 is 5.73 Å². The highest BCUT2D eigenvalue weighted by Crippen LogP contribution is 2.33. The van der Waals surface area contributed by atoms with E-state index in [0.717, 1.165) is 30.8 Å². The molecule has 1 fully saturated rings. The molecule has 4 nitrogen and oxygen atoms in total. The third-order valence-electron chi connectivity index (χ3n) is 3.92. The molecule has 0 atom stereocenters. The molecule has 106 valence electrons. The standard InChI is InChI=1S/C15H24N2O2/c1-11(2)17(10-13-6-5-12(3)19-13)14(18)9-15(16)7-4-8-15/h5-6,11H,4,7-10,16H2,1-3H3. The summed E-state index contributed by atoms with van der Waals surface area (Å²) in [6.07, 6.45) is 3.52. The van der Waals surface area contributed by atoms with E-state index in [-0.39, 0.29) is 17.5 Å². The Labute approximate surface area is 114 Å². The van der Waals surface area contributed by atoms with Gasteiger partial charge in [0.1, 0.15) is 11.5 Å². The number of hydrogen-bond acceptors (Lipinski definition) is 3. The number of furan rings is 1. The van der Waals surface area contributed by atoms with Crippen LogP contribution >= 0.6 is 0 Å². The number of hydrogen-bond donors (Lipinski definition) is 1. The lowest BCUT2D eigenvalue weighted by atomic mass is 9.75. The van der Waals surface area contributed by atoms with E-state index in [1.54, 1.807) is 0 Å². The van der Waals surface area contributed by atoms with Crippen LogP contribution in [0.4, 0.5) is 0 Å². The van der Waals surface area contributed by atoms with Gasteiger partial charge in [-0.25, -0.2) is 0 Å². The molecule has 0 radical (unpaired) electrons. The molecule has 4 heteroatoms. The Morgan fingerprint density at radius 1 is 1.47 bits per heavy atom. The van der Waals surface area contributed by atoms with E-state index in [1.807, 2.05) is 37.8 Å². The van der Waals surface area contributed by atoms with Gasteiger partial charge in [0.05, 0.1) is 6.54 Å². The number of amides is 1. The van der Waals surface area contributed by atoms with Gasteiger partial charge in [0, 0.05) is 18.0 Å². The van der Waals surface area contributed by atoms with Crippen molar-refractivity contribution < 1.29 is 9.21 Å². The number of carbonyl (C=O) groups excluding carboxylic acids is 1. The van der Waals surface area contributed by atoms with Crippen molar-refractivity contribution in [2.45, 2.75) is 64.6 Å². The number of nitrogens with zero attached hydrogens (tertiary/aromatic N) is 1. The lowest BCUT2D eigenvalue weighted by molar-refractivity contribution is -0.136. The van der Waals surface area contributed by atoms with E-state index in [2.05, 4.69) is 0 Å². The molecular formula is C15H24N2O2. The molecule has 0 aliphatic heterocycles. The van der Waals surface area contributed by atoms with Gasteiger partial charge in [-0.15, -0.1) is 0 Å². The number of rotatable bonds is 5. The van der Waals surface area contributed by atoms with E-state index in [4.69, 9.17) is 10.2 Å². The molecule has 1 saturated carbocycles. The van der Waals surface area contributed by atoms with E-state index in [0.29, 0.717) is 13.0 Å². The van der Waals surface area contributed by atoms with Crippen LogP contribution in [0.1, 0.15) is 51.1 Å². The first-order valence-electron chi connectivity index (χ1n) is 7.03. The Balaban J connectivity index is 2.00. The maximum Gasteiger partial charge on any atom is 0.225 e. The van der Waals surface area contributed by atoms with E-state index in [1.165, 1.54) is 0 Å². The summed E-state index contributed by atoms with van der Waals surface area (Å²) in [7, 11) is 0. The minimum Gasteiger partial charge on any atom is -0.464 e. The molecule has 0 bridgehead atoms. The molecule has 1 aromatic heterocycles. The van der Waals surface area contributed by atoms with Gasteiger partial charge in [0.15, 0.2) is 0 Å². The van der Waals surface area contributed by atoms with Gasteiger partial charge < -0.3 is 15.1 Å². The Kier molecular flexibility index (Phi) is 3.99. The highest BCUT2D eigenvalue weighted by atomic mass is 16.3. The number of nitrogens with two attached hydrogens (primary N) is 1. The lowest BCUT2D eigenvalue weighted by Gasteiger charge is -2.39. The van der Waals surface area contributed by atoms with Crippen LogP contribution in [-0.2, 0) is 11.3 Å². The summed E-state index contributed by atoms with van der Waals surface area (Å²) >= 11 is 0. The van der Waals surface area contributed by atoms with Crippen molar-refractivity contribution >= 4 is 5.91 Å². The number of carbonyl (C=O) groups is 1. The van der Waals surface area contributed by atoms with Gasteiger partial charge in [-0.05, 0) is 52.2 Å². The largest absolute Gasteiger partial charge is 0.464 e. The quantitative estimate of drug-likeness (QED) is 0.889. The molecule has 19 heavy (non-hydrogen) atoms. The topological polar surface area (TPSA) is 59.5 Å². The molecule has 1 aliphatic rings. The second-order valence-corrected chi connectivity index (χ2v) is 6.02. The van der Waals surface area contributed by atoms with Crippen LogP contribution in [0.3, 0.4) is 0 Å². The highest BCUT2D eigenvalue weighted by molar-refractivity contribution is 5.77. The molecular weight excluding hydrogens is 240 g/mol. The van der Waals surface area contributed by atoms with Crippen molar-refractivity contribution in [3.8, 4) is 0 Å². The fourth-order valence-electron chi connectivity index (χ4n) is 2.51. The first-order chi connectivity index (χ1) is 8.89. The second kappa shape index (κ2) is 5.37. The van der Waals surface area contributed by atoms with E-state index < -0.39 is 0 Å². The summed E-state index contributed by atoms with van der Waals surface area (Å²) in [5, 5.41) is 0.